The highest BCUT2D eigenvalue weighted by molar-refractivity contribution is 5.79. The number of hydrogen-bond acceptors (Lipinski definition) is 3. The van der Waals surface area contributed by atoms with E-state index < -0.39 is 0 Å². The second kappa shape index (κ2) is 7.37. The van der Waals surface area contributed by atoms with Crippen molar-refractivity contribution in [3.05, 3.63) is 0 Å². The number of nitrogens with zero attached hydrogens (tertiary/aromatic N) is 2. The minimum atomic E-state index is 0.204. The van der Waals surface area contributed by atoms with E-state index >= 15 is 0 Å². The van der Waals surface area contributed by atoms with Crippen LogP contribution in [0.5, 0.6) is 0 Å². The van der Waals surface area contributed by atoms with Gasteiger partial charge in [-0.3, -0.25) is 9.89 Å². The molecule has 0 aromatic rings. The van der Waals surface area contributed by atoms with Crippen LogP contribution in [0.4, 0.5) is 0 Å². The number of guanidine groups is 1. The van der Waals surface area contributed by atoms with E-state index in [1.54, 1.807) is 0 Å². The first-order valence-corrected chi connectivity index (χ1v) is 7.14. The molecule has 0 aromatic carbocycles. The Morgan fingerprint density at radius 1 is 1.53 bits per heavy atom. The van der Waals surface area contributed by atoms with Gasteiger partial charge in [-0.2, -0.15) is 0 Å². The maximum absolute atomic E-state index is 5.88. The normalized spacial score (nSPS) is 27.7. The van der Waals surface area contributed by atoms with Gasteiger partial charge >= 0.3 is 0 Å². The predicted molar refractivity (Wildman–Crippen MR) is 77.1 cm³/mol. The highest BCUT2D eigenvalue weighted by Crippen LogP contribution is 2.22. The number of ether oxygens (including phenoxy) is 1. The smallest absolute Gasteiger partial charge is 0.192 e. The Hall–Kier alpha value is -1.25. The number of hydrogen-bond donors (Lipinski definition) is 2. The van der Waals surface area contributed by atoms with Crippen molar-refractivity contribution in [3.8, 4) is 12.3 Å². The molecule has 5 nitrogen and oxygen atoms in total. The van der Waals surface area contributed by atoms with Crippen LogP contribution in [0.2, 0.25) is 0 Å². The van der Waals surface area contributed by atoms with Crippen molar-refractivity contribution in [1.82, 2.24) is 15.5 Å². The number of aliphatic imine (C=N–C) groups is 1. The molecule has 0 aliphatic carbocycles. The topological polar surface area (TPSA) is 48.9 Å². The minimum Gasteiger partial charge on any atom is -0.373 e. The van der Waals surface area contributed by atoms with Crippen molar-refractivity contribution in [1.29, 1.82) is 0 Å². The number of nitrogens with one attached hydrogen (secondary N) is 2. The van der Waals surface area contributed by atoms with Gasteiger partial charge in [-0.05, 0) is 26.3 Å². The van der Waals surface area contributed by atoms with Crippen LogP contribution in [-0.4, -0.2) is 62.3 Å². The molecule has 0 saturated carbocycles. The van der Waals surface area contributed by atoms with E-state index in [4.69, 9.17) is 11.2 Å². The fraction of sp³-hybridized carbons (Fsp3) is 0.786. The third-order valence-electron chi connectivity index (χ3n) is 3.62. The van der Waals surface area contributed by atoms with Crippen LogP contribution in [0.3, 0.4) is 0 Å². The van der Waals surface area contributed by atoms with Crippen LogP contribution in [0.1, 0.15) is 19.8 Å². The Bertz CT molecular complexity index is 350. The largest absolute Gasteiger partial charge is 0.373 e. The molecule has 2 N–H and O–H groups in total. The second-order valence-corrected chi connectivity index (χ2v) is 5.02. The SMILES string of the molecule is C#CCNC(=NCC1CN2CCCC2CO1)NCC. The van der Waals surface area contributed by atoms with Crippen LogP contribution < -0.4 is 10.6 Å². The molecule has 5 heteroatoms. The van der Waals surface area contributed by atoms with Crippen LogP contribution >= 0.6 is 0 Å². The molecule has 2 atom stereocenters. The minimum absolute atomic E-state index is 0.204. The first-order valence-electron chi connectivity index (χ1n) is 7.14. The first-order chi connectivity index (χ1) is 9.33. The van der Waals surface area contributed by atoms with Gasteiger partial charge in [-0.25, -0.2) is 0 Å². The summed E-state index contributed by atoms with van der Waals surface area (Å²) < 4.78 is 5.88. The predicted octanol–water partition coefficient (Wildman–Crippen LogP) is 0.0379. The van der Waals surface area contributed by atoms with E-state index in [0.717, 1.165) is 25.7 Å². The van der Waals surface area contributed by atoms with E-state index in [2.05, 4.69) is 26.4 Å². The van der Waals surface area contributed by atoms with E-state index in [1.807, 2.05) is 6.92 Å². The summed E-state index contributed by atoms with van der Waals surface area (Å²) in [4.78, 5) is 7.07. The lowest BCUT2D eigenvalue weighted by atomic mass is 10.2. The average molecular weight is 264 g/mol. The number of terminal acetylenes is 1. The molecule has 2 fully saturated rings. The molecule has 2 aliphatic heterocycles. The van der Waals surface area contributed by atoms with Gasteiger partial charge in [0.25, 0.3) is 0 Å². The highest BCUT2D eigenvalue weighted by Gasteiger charge is 2.31. The van der Waals surface area contributed by atoms with Crippen LogP contribution in [0.25, 0.3) is 0 Å². The van der Waals surface area contributed by atoms with Crippen molar-refractivity contribution >= 4 is 5.96 Å². The van der Waals surface area contributed by atoms with Crippen molar-refractivity contribution in [3.63, 3.8) is 0 Å². The van der Waals surface area contributed by atoms with Gasteiger partial charge in [-0.1, -0.05) is 5.92 Å². The van der Waals surface area contributed by atoms with E-state index in [9.17, 15) is 0 Å². The van der Waals surface area contributed by atoms with Gasteiger partial charge in [0, 0.05) is 19.1 Å². The highest BCUT2D eigenvalue weighted by atomic mass is 16.5. The zero-order chi connectivity index (χ0) is 13.5. The zero-order valence-electron chi connectivity index (χ0n) is 11.7. The molecule has 106 valence electrons. The third-order valence-corrected chi connectivity index (χ3v) is 3.62. The monoisotopic (exact) mass is 264 g/mol. The van der Waals surface area contributed by atoms with Crippen LogP contribution in [0, 0.1) is 12.3 Å². The van der Waals surface area contributed by atoms with Crippen molar-refractivity contribution in [2.45, 2.75) is 31.9 Å². The summed E-state index contributed by atoms with van der Waals surface area (Å²) in [5.41, 5.74) is 0. The summed E-state index contributed by atoms with van der Waals surface area (Å²) in [5, 5.41) is 6.27. The van der Waals surface area contributed by atoms with E-state index in [-0.39, 0.29) is 6.10 Å². The first kappa shape index (κ1) is 14.2. The van der Waals surface area contributed by atoms with Gasteiger partial charge in [0.2, 0.25) is 0 Å². The standard InChI is InChI=1S/C14H24N4O/c1-3-7-16-14(15-4-2)17-9-13-10-18-8-5-6-12(18)11-19-13/h1,12-13H,4-11H2,2H3,(H2,15,16,17). The molecule has 2 aliphatic rings. The molecule has 0 aromatic heterocycles. The average Bonchev–Trinajstić information content (AvgIpc) is 2.89. The van der Waals surface area contributed by atoms with Gasteiger partial charge < -0.3 is 15.4 Å². The Labute approximate surface area is 115 Å². The summed E-state index contributed by atoms with van der Waals surface area (Å²) in [7, 11) is 0. The molecule has 0 radical (unpaired) electrons. The summed E-state index contributed by atoms with van der Waals surface area (Å²) in [6.07, 6.45) is 8.03. The fourth-order valence-electron chi connectivity index (χ4n) is 2.67. The van der Waals surface area contributed by atoms with Gasteiger partial charge in [-0.15, -0.1) is 6.42 Å². The lowest BCUT2D eigenvalue weighted by Crippen LogP contribution is -2.47. The molecule has 0 amide bonds. The summed E-state index contributed by atoms with van der Waals surface area (Å²) in [5.74, 6) is 3.32. The summed E-state index contributed by atoms with van der Waals surface area (Å²) >= 11 is 0. The van der Waals surface area contributed by atoms with Crippen molar-refractivity contribution < 1.29 is 4.74 Å². The molecule has 2 saturated heterocycles. The van der Waals surface area contributed by atoms with Crippen LogP contribution in [-0.2, 0) is 4.74 Å². The molecular formula is C14H24N4O. The van der Waals surface area contributed by atoms with Crippen molar-refractivity contribution in [2.75, 3.05) is 39.3 Å². The summed E-state index contributed by atoms with van der Waals surface area (Å²) in [6.45, 7) is 7.12. The van der Waals surface area contributed by atoms with Crippen LogP contribution in [0.15, 0.2) is 4.99 Å². The van der Waals surface area contributed by atoms with Gasteiger partial charge in [0.15, 0.2) is 5.96 Å². The van der Waals surface area contributed by atoms with Crippen molar-refractivity contribution in [2.24, 2.45) is 4.99 Å². The second-order valence-electron chi connectivity index (χ2n) is 5.02. The van der Waals surface area contributed by atoms with Gasteiger partial charge in [0.1, 0.15) is 0 Å². The molecule has 2 heterocycles. The number of rotatable bonds is 4. The number of fused-ring (bicyclic) bond motifs is 1. The number of morpholine rings is 1. The molecule has 2 unspecified atom stereocenters. The Morgan fingerprint density at radius 3 is 3.21 bits per heavy atom. The molecule has 2 rings (SSSR count). The Morgan fingerprint density at radius 2 is 2.42 bits per heavy atom. The third kappa shape index (κ3) is 4.12. The quantitative estimate of drug-likeness (QED) is 0.427. The maximum Gasteiger partial charge on any atom is 0.192 e. The van der Waals surface area contributed by atoms with E-state index in [0.29, 0.717) is 19.1 Å². The Kier molecular flexibility index (Phi) is 5.49. The molecule has 0 bridgehead atoms. The van der Waals surface area contributed by atoms with Gasteiger partial charge in [0.05, 0.1) is 25.8 Å². The molecular weight excluding hydrogens is 240 g/mol. The maximum atomic E-state index is 5.88. The lowest BCUT2D eigenvalue weighted by molar-refractivity contribution is -0.0432. The Balaban J connectivity index is 1.80. The molecule has 0 spiro atoms. The van der Waals surface area contributed by atoms with E-state index in [1.165, 1.54) is 19.4 Å². The fourth-order valence-corrected chi connectivity index (χ4v) is 2.67. The summed E-state index contributed by atoms with van der Waals surface area (Å²) in [6, 6.07) is 0.646. The lowest BCUT2D eigenvalue weighted by Gasteiger charge is -2.34. The zero-order valence-corrected chi connectivity index (χ0v) is 11.7. The molecule has 19 heavy (non-hydrogen) atoms.